The molecule has 1 spiro atoms. The van der Waals surface area contributed by atoms with Crippen LogP contribution in [0.4, 0.5) is 0 Å². The van der Waals surface area contributed by atoms with Gasteiger partial charge in [-0.15, -0.1) is 0 Å². The lowest BCUT2D eigenvalue weighted by Crippen LogP contribution is -2.46. The van der Waals surface area contributed by atoms with Crippen LogP contribution < -0.4 is 0 Å². The molecule has 1 aromatic rings. The predicted molar refractivity (Wildman–Crippen MR) is 86.4 cm³/mol. The minimum absolute atomic E-state index is 0.147. The van der Waals surface area contributed by atoms with Gasteiger partial charge in [-0.1, -0.05) is 0 Å². The second-order valence-corrected chi connectivity index (χ2v) is 6.70. The van der Waals surface area contributed by atoms with E-state index >= 15 is 0 Å². The molecule has 0 bridgehead atoms. The fraction of sp³-hybridized carbons (Fsp3) is 0.765. The van der Waals surface area contributed by atoms with Gasteiger partial charge in [-0.25, -0.2) is 0 Å². The number of nitrogens with zero attached hydrogens (tertiary/aromatic N) is 4. The molecule has 122 valence electrons. The molecule has 3 heterocycles. The Labute approximate surface area is 133 Å². The van der Waals surface area contributed by atoms with E-state index in [-0.39, 0.29) is 5.54 Å². The normalized spacial score (nSPS) is 26.8. The Hall–Kier alpha value is -1.36. The number of hydrogen-bond acceptors (Lipinski definition) is 3. The Bertz CT molecular complexity index is 526. The zero-order valence-electron chi connectivity index (χ0n) is 13.9. The summed E-state index contributed by atoms with van der Waals surface area (Å²) in [5.74, 6) is 0.361. The van der Waals surface area contributed by atoms with Gasteiger partial charge in [-0.3, -0.25) is 14.4 Å². The molecule has 0 radical (unpaired) electrons. The van der Waals surface area contributed by atoms with Crippen LogP contribution in [0.25, 0.3) is 0 Å². The highest BCUT2D eigenvalue weighted by atomic mass is 16.2. The first-order valence-corrected chi connectivity index (χ1v) is 8.71. The van der Waals surface area contributed by atoms with Crippen molar-refractivity contribution >= 4 is 5.91 Å². The summed E-state index contributed by atoms with van der Waals surface area (Å²) >= 11 is 0. The lowest BCUT2D eigenvalue weighted by molar-refractivity contribution is -0.131. The molecule has 0 aliphatic carbocycles. The summed E-state index contributed by atoms with van der Waals surface area (Å²) in [6.07, 6.45) is 9.41. The maximum absolute atomic E-state index is 12.1. The van der Waals surface area contributed by atoms with E-state index in [1.54, 1.807) is 0 Å². The fourth-order valence-corrected chi connectivity index (χ4v) is 4.22. The van der Waals surface area contributed by atoms with Crippen molar-refractivity contribution in [2.75, 3.05) is 19.6 Å². The number of likely N-dealkylation sites (tertiary alicyclic amines) is 2. The SMILES string of the molecule is CCN1C(=O)CC[C@@]12CCCN(Cc1cnn(CC)c1)CC2. The van der Waals surface area contributed by atoms with Gasteiger partial charge in [0.15, 0.2) is 0 Å². The second-order valence-electron chi connectivity index (χ2n) is 6.70. The van der Waals surface area contributed by atoms with Gasteiger partial charge < -0.3 is 4.90 Å². The van der Waals surface area contributed by atoms with E-state index in [0.29, 0.717) is 5.91 Å². The van der Waals surface area contributed by atoms with Crippen molar-refractivity contribution < 1.29 is 4.79 Å². The van der Waals surface area contributed by atoms with E-state index < -0.39 is 0 Å². The zero-order valence-corrected chi connectivity index (χ0v) is 13.9. The summed E-state index contributed by atoms with van der Waals surface area (Å²) < 4.78 is 1.99. The predicted octanol–water partition coefficient (Wildman–Crippen LogP) is 2.27. The van der Waals surface area contributed by atoms with Crippen LogP contribution in [0.5, 0.6) is 0 Å². The van der Waals surface area contributed by atoms with E-state index in [1.165, 1.54) is 12.0 Å². The summed E-state index contributed by atoms with van der Waals surface area (Å²) in [7, 11) is 0. The summed E-state index contributed by atoms with van der Waals surface area (Å²) in [5, 5.41) is 4.37. The number of carbonyl (C=O) groups excluding carboxylic acids is 1. The molecule has 1 amide bonds. The maximum Gasteiger partial charge on any atom is 0.223 e. The highest BCUT2D eigenvalue weighted by molar-refractivity contribution is 5.79. The molecular formula is C17H28N4O. The van der Waals surface area contributed by atoms with Crippen molar-refractivity contribution in [3.8, 4) is 0 Å². The first-order valence-electron chi connectivity index (χ1n) is 8.71. The lowest BCUT2D eigenvalue weighted by atomic mass is 9.88. The molecule has 2 aliphatic heterocycles. The lowest BCUT2D eigenvalue weighted by Gasteiger charge is -2.37. The molecule has 2 aliphatic rings. The molecule has 0 N–H and O–H groups in total. The first kappa shape index (κ1) is 15.5. The van der Waals surface area contributed by atoms with Crippen LogP contribution in [0.2, 0.25) is 0 Å². The molecule has 0 aromatic carbocycles. The van der Waals surface area contributed by atoms with Gasteiger partial charge in [0.05, 0.1) is 6.20 Å². The summed E-state index contributed by atoms with van der Waals surface area (Å²) in [6.45, 7) is 9.22. The van der Waals surface area contributed by atoms with Gasteiger partial charge >= 0.3 is 0 Å². The van der Waals surface area contributed by atoms with E-state index in [9.17, 15) is 4.79 Å². The van der Waals surface area contributed by atoms with Gasteiger partial charge in [0.1, 0.15) is 0 Å². The quantitative estimate of drug-likeness (QED) is 0.857. The molecule has 1 aromatic heterocycles. The van der Waals surface area contributed by atoms with Crippen LogP contribution in [0, 0.1) is 0 Å². The van der Waals surface area contributed by atoms with E-state index in [0.717, 1.165) is 58.4 Å². The number of aromatic nitrogens is 2. The minimum Gasteiger partial charge on any atom is -0.337 e. The minimum atomic E-state index is 0.147. The summed E-state index contributed by atoms with van der Waals surface area (Å²) in [6, 6.07) is 0. The molecule has 1 atom stereocenters. The Morgan fingerprint density at radius 2 is 2.05 bits per heavy atom. The summed E-state index contributed by atoms with van der Waals surface area (Å²) in [5.41, 5.74) is 1.45. The number of rotatable bonds is 4. The van der Waals surface area contributed by atoms with E-state index in [4.69, 9.17) is 0 Å². The van der Waals surface area contributed by atoms with Crippen LogP contribution in [-0.2, 0) is 17.9 Å². The Balaban J connectivity index is 1.63. The van der Waals surface area contributed by atoms with Gasteiger partial charge in [0.25, 0.3) is 0 Å². The van der Waals surface area contributed by atoms with Crippen LogP contribution in [0.1, 0.15) is 51.5 Å². The topological polar surface area (TPSA) is 41.4 Å². The largest absolute Gasteiger partial charge is 0.337 e. The Kier molecular flexibility index (Phi) is 4.52. The average molecular weight is 304 g/mol. The molecule has 2 saturated heterocycles. The van der Waals surface area contributed by atoms with Crippen molar-refractivity contribution in [3.05, 3.63) is 18.0 Å². The molecule has 5 nitrogen and oxygen atoms in total. The number of aryl methyl sites for hydroxylation is 1. The molecule has 5 heteroatoms. The third kappa shape index (κ3) is 2.91. The van der Waals surface area contributed by atoms with Gasteiger partial charge in [-0.2, -0.15) is 5.10 Å². The average Bonchev–Trinajstić information content (AvgIpc) is 3.03. The highest BCUT2D eigenvalue weighted by Crippen LogP contribution is 2.38. The van der Waals surface area contributed by atoms with Crippen LogP contribution in [0.3, 0.4) is 0 Å². The monoisotopic (exact) mass is 304 g/mol. The first-order chi connectivity index (χ1) is 10.7. The van der Waals surface area contributed by atoms with Gasteiger partial charge in [0, 0.05) is 49.9 Å². The third-order valence-electron chi connectivity index (χ3n) is 5.42. The Morgan fingerprint density at radius 1 is 1.18 bits per heavy atom. The maximum atomic E-state index is 12.1. The molecular weight excluding hydrogens is 276 g/mol. The number of hydrogen-bond donors (Lipinski definition) is 0. The van der Waals surface area contributed by atoms with Gasteiger partial charge in [-0.05, 0) is 46.1 Å². The highest BCUT2D eigenvalue weighted by Gasteiger charge is 2.44. The van der Waals surface area contributed by atoms with E-state index in [2.05, 4.69) is 34.9 Å². The van der Waals surface area contributed by atoms with Crippen molar-refractivity contribution in [1.82, 2.24) is 19.6 Å². The number of amides is 1. The van der Waals surface area contributed by atoms with Crippen LogP contribution in [0.15, 0.2) is 12.4 Å². The number of carbonyl (C=O) groups is 1. The molecule has 0 saturated carbocycles. The molecule has 2 fully saturated rings. The second kappa shape index (κ2) is 6.41. The molecule has 3 rings (SSSR count). The van der Waals surface area contributed by atoms with Crippen molar-refractivity contribution in [3.63, 3.8) is 0 Å². The summed E-state index contributed by atoms with van der Waals surface area (Å²) in [4.78, 5) is 16.8. The Morgan fingerprint density at radius 3 is 2.77 bits per heavy atom. The standard InChI is InChI=1S/C17H28N4O/c1-3-20-14-15(12-18-20)13-19-10-5-7-17(9-11-19)8-6-16(22)21(17)4-2/h12,14H,3-11,13H2,1-2H3/t17-/m1/s1. The fourth-order valence-electron chi connectivity index (χ4n) is 4.22. The van der Waals surface area contributed by atoms with Crippen molar-refractivity contribution in [1.29, 1.82) is 0 Å². The van der Waals surface area contributed by atoms with Crippen LogP contribution >= 0.6 is 0 Å². The molecule has 0 unspecified atom stereocenters. The zero-order chi connectivity index (χ0) is 15.6. The van der Waals surface area contributed by atoms with Crippen molar-refractivity contribution in [2.24, 2.45) is 0 Å². The van der Waals surface area contributed by atoms with Crippen molar-refractivity contribution in [2.45, 2.75) is 64.6 Å². The smallest absolute Gasteiger partial charge is 0.223 e. The van der Waals surface area contributed by atoms with Crippen LogP contribution in [-0.4, -0.2) is 50.7 Å². The van der Waals surface area contributed by atoms with E-state index in [1.807, 2.05) is 10.9 Å². The van der Waals surface area contributed by atoms with Gasteiger partial charge in [0.2, 0.25) is 5.91 Å². The molecule has 22 heavy (non-hydrogen) atoms. The third-order valence-corrected chi connectivity index (χ3v) is 5.42.